The minimum absolute atomic E-state index is 0.0880. The molecule has 4 heteroatoms. The quantitative estimate of drug-likeness (QED) is 0.884. The molecule has 0 bridgehead atoms. The summed E-state index contributed by atoms with van der Waals surface area (Å²) in [5.41, 5.74) is 0.870. The van der Waals surface area contributed by atoms with Gasteiger partial charge in [-0.3, -0.25) is 4.79 Å². The number of hydrogen-bond acceptors (Lipinski definition) is 2. The van der Waals surface area contributed by atoms with Crippen LogP contribution in [0.2, 0.25) is 0 Å². The van der Waals surface area contributed by atoms with Gasteiger partial charge in [-0.15, -0.1) is 0 Å². The number of amides is 1. The molecule has 1 aromatic carbocycles. The van der Waals surface area contributed by atoms with E-state index in [2.05, 4.69) is 10.6 Å². The number of nitrogens with one attached hydrogen (secondary N) is 1. The fourth-order valence-electron chi connectivity index (χ4n) is 3.58. The first-order valence-corrected chi connectivity index (χ1v) is 9.33. The van der Waals surface area contributed by atoms with Crippen molar-refractivity contribution in [2.75, 3.05) is 6.54 Å². The van der Waals surface area contributed by atoms with Crippen LogP contribution in [0.3, 0.4) is 0 Å². The highest BCUT2D eigenvalue weighted by molar-refractivity contribution is 5.79. The second-order valence-electron chi connectivity index (χ2n) is 7.02. The van der Waals surface area contributed by atoms with Crippen LogP contribution in [-0.2, 0) is 4.79 Å². The van der Waals surface area contributed by atoms with Gasteiger partial charge >= 0.3 is 0 Å². The average molecular weight is 329 g/mol. The number of carbonyl (C=O) groups is 1. The van der Waals surface area contributed by atoms with E-state index in [1.807, 2.05) is 37.3 Å². The van der Waals surface area contributed by atoms with Crippen molar-refractivity contribution < 1.29 is 14.5 Å². The SMILES string of the molecule is C[C@@H](NC(=O)C[NH2+]C1CCCCCCC1)c1cc2ccccc2o1. The van der Waals surface area contributed by atoms with Crippen LogP contribution in [0.25, 0.3) is 11.0 Å². The molecule has 1 amide bonds. The van der Waals surface area contributed by atoms with Gasteiger partial charge in [-0.05, 0) is 44.7 Å². The zero-order valence-electron chi connectivity index (χ0n) is 14.6. The van der Waals surface area contributed by atoms with E-state index in [1.54, 1.807) is 0 Å². The standard InChI is InChI=1S/C20H28N2O2/c1-15(19-13-16-9-7-8-12-18(16)24-19)22-20(23)14-21-17-10-5-3-2-4-6-11-17/h7-9,12-13,15,17,21H,2-6,10-11,14H2,1H3,(H,22,23)/p+1/t15-/m1/s1. The summed E-state index contributed by atoms with van der Waals surface area (Å²) < 4.78 is 5.83. The lowest BCUT2D eigenvalue weighted by Gasteiger charge is -2.18. The second kappa shape index (κ2) is 8.34. The normalized spacial score (nSPS) is 18.0. The van der Waals surface area contributed by atoms with Gasteiger partial charge in [0, 0.05) is 5.39 Å². The van der Waals surface area contributed by atoms with Crippen molar-refractivity contribution in [1.82, 2.24) is 5.32 Å². The number of fused-ring (bicyclic) bond motifs is 1. The average Bonchev–Trinajstić information content (AvgIpc) is 2.98. The Bertz CT molecular complexity index is 623. The van der Waals surface area contributed by atoms with E-state index in [4.69, 9.17) is 4.42 Å². The Balaban J connectivity index is 1.48. The van der Waals surface area contributed by atoms with E-state index in [-0.39, 0.29) is 11.9 Å². The lowest BCUT2D eigenvalue weighted by atomic mass is 9.97. The predicted molar refractivity (Wildman–Crippen MR) is 95.7 cm³/mol. The van der Waals surface area contributed by atoms with Crippen LogP contribution in [0.15, 0.2) is 34.7 Å². The molecular formula is C20H29N2O2+. The lowest BCUT2D eigenvalue weighted by molar-refractivity contribution is -0.680. The molecule has 3 rings (SSSR count). The molecule has 0 spiro atoms. The van der Waals surface area contributed by atoms with Crippen molar-refractivity contribution in [1.29, 1.82) is 0 Å². The van der Waals surface area contributed by atoms with Crippen molar-refractivity contribution in [2.45, 2.75) is 64.0 Å². The van der Waals surface area contributed by atoms with Gasteiger partial charge in [0.25, 0.3) is 5.91 Å². The highest BCUT2D eigenvalue weighted by Crippen LogP contribution is 2.23. The summed E-state index contributed by atoms with van der Waals surface area (Å²) in [5, 5.41) is 6.37. The summed E-state index contributed by atoms with van der Waals surface area (Å²) in [6.45, 7) is 2.49. The minimum atomic E-state index is -0.101. The molecule has 3 N–H and O–H groups in total. The molecule has 1 heterocycles. The van der Waals surface area contributed by atoms with Gasteiger partial charge in [-0.25, -0.2) is 0 Å². The molecule has 1 aliphatic rings. The first kappa shape index (κ1) is 17.0. The maximum atomic E-state index is 12.3. The van der Waals surface area contributed by atoms with E-state index < -0.39 is 0 Å². The molecule has 2 aromatic rings. The third kappa shape index (κ3) is 4.60. The maximum Gasteiger partial charge on any atom is 0.275 e. The molecule has 130 valence electrons. The van der Waals surface area contributed by atoms with Crippen LogP contribution in [0, 0.1) is 0 Å². The molecule has 1 fully saturated rings. The summed E-state index contributed by atoms with van der Waals surface area (Å²) >= 11 is 0. The summed E-state index contributed by atoms with van der Waals surface area (Å²) in [5.74, 6) is 0.903. The van der Waals surface area contributed by atoms with E-state index in [0.717, 1.165) is 16.7 Å². The van der Waals surface area contributed by atoms with E-state index in [0.29, 0.717) is 12.6 Å². The Kier molecular flexibility index (Phi) is 5.91. The Morgan fingerprint density at radius 2 is 1.92 bits per heavy atom. The summed E-state index contributed by atoms with van der Waals surface area (Å²) in [6.07, 6.45) is 9.16. The monoisotopic (exact) mass is 329 g/mol. The van der Waals surface area contributed by atoms with Gasteiger partial charge in [-0.2, -0.15) is 0 Å². The molecular weight excluding hydrogens is 300 g/mol. The Morgan fingerprint density at radius 1 is 1.21 bits per heavy atom. The summed E-state index contributed by atoms with van der Waals surface area (Å²) in [7, 11) is 0. The van der Waals surface area contributed by atoms with Gasteiger partial charge in [0.1, 0.15) is 11.3 Å². The van der Waals surface area contributed by atoms with Crippen LogP contribution in [-0.4, -0.2) is 18.5 Å². The molecule has 1 aliphatic carbocycles. The fraction of sp³-hybridized carbons (Fsp3) is 0.550. The summed E-state index contributed by atoms with van der Waals surface area (Å²) in [4.78, 5) is 12.3. The predicted octanol–water partition coefficient (Wildman–Crippen LogP) is 3.29. The molecule has 0 unspecified atom stereocenters. The first-order chi connectivity index (χ1) is 11.7. The van der Waals surface area contributed by atoms with Crippen molar-refractivity contribution >= 4 is 16.9 Å². The zero-order chi connectivity index (χ0) is 16.8. The number of para-hydroxylation sites is 1. The van der Waals surface area contributed by atoms with Gasteiger partial charge in [0.05, 0.1) is 12.1 Å². The smallest absolute Gasteiger partial charge is 0.275 e. The van der Waals surface area contributed by atoms with Crippen molar-refractivity contribution in [3.63, 3.8) is 0 Å². The van der Waals surface area contributed by atoms with Gasteiger partial charge in [0.15, 0.2) is 6.54 Å². The number of benzene rings is 1. The molecule has 1 atom stereocenters. The Labute approximate surface area is 144 Å². The lowest BCUT2D eigenvalue weighted by Crippen LogP contribution is -2.92. The Hall–Kier alpha value is -1.81. The van der Waals surface area contributed by atoms with E-state index in [9.17, 15) is 4.79 Å². The number of hydrogen-bond donors (Lipinski definition) is 2. The number of rotatable bonds is 5. The molecule has 24 heavy (non-hydrogen) atoms. The third-order valence-electron chi connectivity index (χ3n) is 5.04. The molecule has 1 saturated carbocycles. The van der Waals surface area contributed by atoms with Crippen LogP contribution in [0.5, 0.6) is 0 Å². The number of carbonyl (C=O) groups excluding carboxylic acids is 1. The fourth-order valence-corrected chi connectivity index (χ4v) is 3.58. The van der Waals surface area contributed by atoms with Gasteiger partial charge < -0.3 is 15.1 Å². The van der Waals surface area contributed by atoms with Gasteiger partial charge in [-0.1, -0.05) is 37.5 Å². The summed E-state index contributed by atoms with van der Waals surface area (Å²) in [6, 6.07) is 10.5. The maximum absolute atomic E-state index is 12.3. The zero-order valence-corrected chi connectivity index (χ0v) is 14.6. The highest BCUT2D eigenvalue weighted by atomic mass is 16.3. The first-order valence-electron chi connectivity index (χ1n) is 9.33. The van der Waals surface area contributed by atoms with Crippen LogP contribution >= 0.6 is 0 Å². The second-order valence-corrected chi connectivity index (χ2v) is 7.02. The Morgan fingerprint density at radius 3 is 2.67 bits per heavy atom. The van der Waals surface area contributed by atoms with E-state index >= 15 is 0 Å². The largest absolute Gasteiger partial charge is 0.459 e. The topological polar surface area (TPSA) is 58.9 Å². The molecule has 4 nitrogen and oxygen atoms in total. The number of nitrogens with two attached hydrogens (primary N) is 1. The minimum Gasteiger partial charge on any atom is -0.459 e. The number of furan rings is 1. The molecule has 1 aromatic heterocycles. The highest BCUT2D eigenvalue weighted by Gasteiger charge is 2.18. The van der Waals surface area contributed by atoms with Gasteiger partial charge in [0.2, 0.25) is 0 Å². The number of quaternary nitrogens is 1. The molecule has 0 saturated heterocycles. The van der Waals surface area contributed by atoms with E-state index in [1.165, 1.54) is 44.9 Å². The van der Waals surface area contributed by atoms with Crippen LogP contribution < -0.4 is 10.6 Å². The van der Waals surface area contributed by atoms with Crippen molar-refractivity contribution in [2.24, 2.45) is 0 Å². The third-order valence-corrected chi connectivity index (χ3v) is 5.04. The van der Waals surface area contributed by atoms with Crippen LogP contribution in [0.1, 0.15) is 63.7 Å². The molecule has 0 radical (unpaired) electrons. The van der Waals surface area contributed by atoms with Crippen LogP contribution in [0.4, 0.5) is 0 Å². The molecule has 0 aliphatic heterocycles. The van der Waals surface area contributed by atoms with Crippen molar-refractivity contribution in [3.05, 3.63) is 36.1 Å². The van der Waals surface area contributed by atoms with Crippen molar-refractivity contribution in [3.8, 4) is 0 Å².